The molecule has 2 atom stereocenters. The summed E-state index contributed by atoms with van der Waals surface area (Å²) in [6.45, 7) is 2.24. The molecule has 1 saturated heterocycles. The minimum absolute atomic E-state index is 0.222. The van der Waals surface area contributed by atoms with Gasteiger partial charge in [0, 0.05) is 6.61 Å². The first kappa shape index (κ1) is 13.6. The van der Waals surface area contributed by atoms with Gasteiger partial charge in [-0.25, -0.2) is 0 Å². The summed E-state index contributed by atoms with van der Waals surface area (Å²) in [4.78, 5) is 0. The van der Waals surface area contributed by atoms with Gasteiger partial charge in [-0.15, -0.1) is 0 Å². The maximum absolute atomic E-state index is 5.93. The van der Waals surface area contributed by atoms with Crippen molar-refractivity contribution >= 4 is 10.8 Å². The Bertz CT molecular complexity index is 564. The Hall–Kier alpha value is -1.42. The summed E-state index contributed by atoms with van der Waals surface area (Å²) in [5.41, 5.74) is 1.27. The van der Waals surface area contributed by atoms with Gasteiger partial charge in [0.15, 0.2) is 0 Å². The van der Waals surface area contributed by atoms with E-state index in [9.17, 15) is 0 Å². The molecule has 1 heterocycles. The molecule has 3 heteroatoms. The zero-order valence-electron chi connectivity index (χ0n) is 11.8. The van der Waals surface area contributed by atoms with Crippen LogP contribution in [0.5, 0.6) is 0 Å². The highest BCUT2D eigenvalue weighted by Gasteiger charge is 2.18. The van der Waals surface area contributed by atoms with E-state index in [1.165, 1.54) is 16.3 Å². The second kappa shape index (κ2) is 6.35. The van der Waals surface area contributed by atoms with Crippen LogP contribution in [0.1, 0.15) is 18.0 Å². The maximum atomic E-state index is 5.93. The largest absolute Gasteiger partial charge is 0.379 e. The lowest BCUT2D eigenvalue weighted by molar-refractivity contribution is 0.0308. The number of rotatable bonds is 5. The predicted molar refractivity (Wildman–Crippen MR) is 80.9 cm³/mol. The smallest absolute Gasteiger partial charge is 0.0831 e. The van der Waals surface area contributed by atoms with E-state index < -0.39 is 0 Å². The number of ether oxygens (including phenoxy) is 2. The van der Waals surface area contributed by atoms with E-state index in [1.54, 1.807) is 0 Å². The highest BCUT2D eigenvalue weighted by atomic mass is 16.5. The second-order valence-electron chi connectivity index (χ2n) is 5.27. The first-order valence-electron chi connectivity index (χ1n) is 7.22. The molecular weight excluding hydrogens is 250 g/mol. The van der Waals surface area contributed by atoms with Gasteiger partial charge in [-0.2, -0.15) is 0 Å². The summed E-state index contributed by atoms with van der Waals surface area (Å²) in [6.07, 6.45) is 1.26. The summed E-state index contributed by atoms with van der Waals surface area (Å²) in [6, 6.07) is 15.3. The van der Waals surface area contributed by atoms with Gasteiger partial charge in [-0.05, 0) is 35.9 Å². The van der Waals surface area contributed by atoms with Crippen molar-refractivity contribution < 1.29 is 9.47 Å². The number of likely N-dealkylation sites (N-methyl/N-ethyl adjacent to an activating group) is 1. The molecule has 0 saturated carbocycles. The third-order valence-electron chi connectivity index (χ3n) is 3.91. The summed E-state index contributed by atoms with van der Waals surface area (Å²) in [7, 11) is 1.98. The van der Waals surface area contributed by atoms with Gasteiger partial charge in [0.25, 0.3) is 0 Å². The van der Waals surface area contributed by atoms with Crippen molar-refractivity contribution in [1.29, 1.82) is 0 Å². The third-order valence-corrected chi connectivity index (χ3v) is 3.91. The topological polar surface area (TPSA) is 30.5 Å². The van der Waals surface area contributed by atoms with Crippen LogP contribution in [0.2, 0.25) is 0 Å². The number of fused-ring (bicyclic) bond motifs is 1. The molecule has 1 N–H and O–H groups in total. The fourth-order valence-corrected chi connectivity index (χ4v) is 2.65. The van der Waals surface area contributed by atoms with E-state index in [0.717, 1.165) is 19.6 Å². The summed E-state index contributed by atoms with van der Waals surface area (Å²) < 4.78 is 11.3. The molecule has 20 heavy (non-hydrogen) atoms. The van der Waals surface area contributed by atoms with E-state index in [4.69, 9.17) is 9.47 Å². The minimum atomic E-state index is 0.222. The van der Waals surface area contributed by atoms with Crippen LogP contribution in [0, 0.1) is 0 Å². The van der Waals surface area contributed by atoms with E-state index >= 15 is 0 Å². The standard InChI is InChI=1S/C17H21NO2/c1-18-17(12-20-16-8-9-19-11-16)15-7-6-13-4-2-3-5-14(13)10-15/h2-7,10,16-18H,8-9,11-12H2,1H3. The average Bonchev–Trinajstić information content (AvgIpc) is 3.01. The van der Waals surface area contributed by atoms with Crippen molar-refractivity contribution in [2.45, 2.75) is 18.6 Å². The summed E-state index contributed by atoms with van der Waals surface area (Å²) >= 11 is 0. The minimum Gasteiger partial charge on any atom is -0.379 e. The quantitative estimate of drug-likeness (QED) is 0.907. The van der Waals surface area contributed by atoms with Gasteiger partial charge >= 0.3 is 0 Å². The van der Waals surface area contributed by atoms with Crippen molar-refractivity contribution in [2.24, 2.45) is 0 Å². The highest BCUT2D eigenvalue weighted by Crippen LogP contribution is 2.21. The zero-order valence-corrected chi connectivity index (χ0v) is 11.8. The number of hydrogen-bond donors (Lipinski definition) is 1. The normalized spacial score (nSPS) is 20.4. The zero-order chi connectivity index (χ0) is 13.8. The fraction of sp³-hybridized carbons (Fsp3) is 0.412. The van der Waals surface area contributed by atoms with Crippen LogP contribution in [-0.4, -0.2) is 33.0 Å². The molecule has 1 fully saturated rings. The lowest BCUT2D eigenvalue weighted by atomic mass is 10.0. The van der Waals surface area contributed by atoms with Crippen molar-refractivity contribution in [3.8, 4) is 0 Å². The Morgan fingerprint density at radius 2 is 2.10 bits per heavy atom. The van der Waals surface area contributed by atoms with Gasteiger partial charge in [-0.1, -0.05) is 36.4 Å². The molecule has 0 radical (unpaired) electrons. The van der Waals surface area contributed by atoms with Crippen LogP contribution < -0.4 is 5.32 Å². The molecule has 1 aliphatic heterocycles. The molecule has 0 aromatic heterocycles. The van der Waals surface area contributed by atoms with Gasteiger partial charge in [0.1, 0.15) is 0 Å². The summed E-state index contributed by atoms with van der Waals surface area (Å²) in [5, 5.41) is 5.89. The molecule has 1 aliphatic rings. The van der Waals surface area contributed by atoms with Crippen molar-refractivity contribution in [1.82, 2.24) is 5.32 Å². The Balaban J connectivity index is 1.72. The molecule has 3 rings (SSSR count). The number of benzene rings is 2. The molecule has 0 aliphatic carbocycles. The lowest BCUT2D eigenvalue weighted by Gasteiger charge is -2.19. The van der Waals surface area contributed by atoms with E-state index in [2.05, 4.69) is 47.8 Å². The lowest BCUT2D eigenvalue weighted by Crippen LogP contribution is -2.25. The molecule has 3 nitrogen and oxygen atoms in total. The molecule has 2 aromatic carbocycles. The fourth-order valence-electron chi connectivity index (χ4n) is 2.65. The van der Waals surface area contributed by atoms with Crippen LogP contribution in [0.3, 0.4) is 0 Å². The molecule has 2 aromatic rings. The summed E-state index contributed by atoms with van der Waals surface area (Å²) in [5.74, 6) is 0. The van der Waals surface area contributed by atoms with E-state index in [0.29, 0.717) is 6.61 Å². The van der Waals surface area contributed by atoms with Gasteiger partial charge in [0.05, 0.1) is 25.4 Å². The molecule has 0 amide bonds. The molecule has 106 valence electrons. The van der Waals surface area contributed by atoms with Gasteiger partial charge in [-0.3, -0.25) is 0 Å². The Morgan fingerprint density at radius 1 is 1.25 bits per heavy atom. The Morgan fingerprint density at radius 3 is 2.85 bits per heavy atom. The average molecular weight is 271 g/mol. The van der Waals surface area contributed by atoms with Crippen LogP contribution >= 0.6 is 0 Å². The first-order chi connectivity index (χ1) is 9.86. The van der Waals surface area contributed by atoms with E-state index in [1.807, 2.05) is 7.05 Å². The maximum Gasteiger partial charge on any atom is 0.0831 e. The van der Waals surface area contributed by atoms with Gasteiger partial charge in [0.2, 0.25) is 0 Å². The van der Waals surface area contributed by atoms with Crippen LogP contribution in [-0.2, 0) is 9.47 Å². The molecular formula is C17H21NO2. The highest BCUT2D eigenvalue weighted by molar-refractivity contribution is 5.83. The second-order valence-corrected chi connectivity index (χ2v) is 5.27. The molecule has 2 unspecified atom stereocenters. The van der Waals surface area contributed by atoms with Crippen molar-refractivity contribution in [3.63, 3.8) is 0 Å². The number of nitrogens with one attached hydrogen (secondary N) is 1. The third kappa shape index (κ3) is 3.01. The van der Waals surface area contributed by atoms with Crippen molar-refractivity contribution in [2.75, 3.05) is 26.9 Å². The molecule has 0 spiro atoms. The first-order valence-corrected chi connectivity index (χ1v) is 7.22. The van der Waals surface area contributed by atoms with E-state index in [-0.39, 0.29) is 12.1 Å². The predicted octanol–water partition coefficient (Wildman–Crippen LogP) is 2.91. The van der Waals surface area contributed by atoms with Crippen LogP contribution in [0.25, 0.3) is 10.8 Å². The Kier molecular flexibility index (Phi) is 4.31. The molecule has 0 bridgehead atoms. The number of hydrogen-bond acceptors (Lipinski definition) is 3. The van der Waals surface area contributed by atoms with Gasteiger partial charge < -0.3 is 14.8 Å². The van der Waals surface area contributed by atoms with Crippen molar-refractivity contribution in [3.05, 3.63) is 48.0 Å². The van der Waals surface area contributed by atoms with Crippen LogP contribution in [0.4, 0.5) is 0 Å². The van der Waals surface area contributed by atoms with Crippen LogP contribution in [0.15, 0.2) is 42.5 Å². The SMILES string of the molecule is CNC(COC1CCOC1)c1ccc2ccccc2c1. The Labute approximate surface area is 119 Å². The monoisotopic (exact) mass is 271 g/mol.